The molecular formula is C5H10INO2. The van der Waals surface area contributed by atoms with Crippen LogP contribution < -0.4 is 0 Å². The summed E-state index contributed by atoms with van der Waals surface area (Å²) in [6, 6.07) is 0. The summed E-state index contributed by atoms with van der Waals surface area (Å²) in [6.07, 6.45) is -0.301. The van der Waals surface area contributed by atoms with E-state index in [2.05, 4.69) is 22.9 Å². The molecule has 0 radical (unpaired) electrons. The molecule has 1 fully saturated rings. The van der Waals surface area contributed by atoms with Crippen LogP contribution in [0.2, 0.25) is 0 Å². The number of halogens is 1. The lowest BCUT2D eigenvalue weighted by Crippen LogP contribution is -2.24. The number of rotatable bonds is 0. The summed E-state index contributed by atoms with van der Waals surface area (Å²) < 4.78 is 7.12. The number of aliphatic hydroxyl groups excluding tert-OH is 1. The van der Waals surface area contributed by atoms with Crippen molar-refractivity contribution in [2.75, 3.05) is 26.3 Å². The maximum absolute atomic E-state index is 9.09. The Hall–Kier alpha value is 0.610. The van der Waals surface area contributed by atoms with E-state index in [1.165, 1.54) is 0 Å². The van der Waals surface area contributed by atoms with Gasteiger partial charge in [-0.05, 0) is 0 Å². The molecule has 0 aromatic carbocycles. The summed E-state index contributed by atoms with van der Waals surface area (Å²) in [5.41, 5.74) is 0. The molecule has 0 amide bonds. The minimum Gasteiger partial charge on any atom is -0.389 e. The Labute approximate surface area is 68.5 Å². The summed E-state index contributed by atoms with van der Waals surface area (Å²) in [7, 11) is 0. The van der Waals surface area contributed by atoms with E-state index < -0.39 is 0 Å². The van der Waals surface area contributed by atoms with Crippen LogP contribution in [-0.4, -0.2) is 40.6 Å². The first-order valence-corrected chi connectivity index (χ1v) is 3.92. The van der Waals surface area contributed by atoms with Gasteiger partial charge in [0, 0.05) is 36.0 Å². The van der Waals surface area contributed by atoms with E-state index in [1.807, 2.05) is 3.11 Å². The number of ether oxygens (including phenoxy) is 1. The largest absolute Gasteiger partial charge is 0.389 e. The predicted molar refractivity (Wildman–Crippen MR) is 42.4 cm³/mol. The van der Waals surface area contributed by atoms with Crippen molar-refractivity contribution in [2.24, 2.45) is 0 Å². The summed E-state index contributed by atoms with van der Waals surface area (Å²) in [5, 5.41) is 9.09. The van der Waals surface area contributed by atoms with Crippen molar-refractivity contribution in [1.82, 2.24) is 3.11 Å². The Balaban J connectivity index is 2.29. The van der Waals surface area contributed by atoms with Crippen molar-refractivity contribution in [3.63, 3.8) is 0 Å². The third kappa shape index (κ3) is 2.79. The first-order valence-electron chi connectivity index (χ1n) is 2.95. The van der Waals surface area contributed by atoms with E-state index in [4.69, 9.17) is 9.84 Å². The molecular weight excluding hydrogens is 233 g/mol. The van der Waals surface area contributed by atoms with Crippen LogP contribution in [0.25, 0.3) is 0 Å². The van der Waals surface area contributed by atoms with E-state index in [9.17, 15) is 0 Å². The van der Waals surface area contributed by atoms with Gasteiger partial charge in [0.05, 0.1) is 19.3 Å². The lowest BCUT2D eigenvalue weighted by Gasteiger charge is -2.10. The van der Waals surface area contributed by atoms with Crippen molar-refractivity contribution in [3.8, 4) is 0 Å². The fourth-order valence-electron chi connectivity index (χ4n) is 0.756. The number of hydrogen-bond donors (Lipinski definition) is 1. The van der Waals surface area contributed by atoms with Gasteiger partial charge in [-0.1, -0.05) is 0 Å². The SMILES string of the molecule is O[C@@H]1COCCN(I)C1. The van der Waals surface area contributed by atoms with E-state index in [0.29, 0.717) is 6.61 Å². The molecule has 0 unspecified atom stereocenters. The van der Waals surface area contributed by atoms with E-state index in [-0.39, 0.29) is 6.10 Å². The van der Waals surface area contributed by atoms with Gasteiger partial charge in [-0.15, -0.1) is 0 Å². The summed E-state index contributed by atoms with van der Waals surface area (Å²) in [4.78, 5) is 0. The maximum atomic E-state index is 9.09. The van der Waals surface area contributed by atoms with Gasteiger partial charge in [0.15, 0.2) is 0 Å². The van der Waals surface area contributed by atoms with Gasteiger partial charge >= 0.3 is 0 Å². The molecule has 0 aliphatic carbocycles. The number of hydrogen-bond acceptors (Lipinski definition) is 3. The highest BCUT2D eigenvalue weighted by Gasteiger charge is 2.12. The van der Waals surface area contributed by atoms with Gasteiger partial charge in [0.2, 0.25) is 0 Å². The molecule has 1 saturated heterocycles. The van der Waals surface area contributed by atoms with Crippen molar-refractivity contribution in [1.29, 1.82) is 0 Å². The quantitative estimate of drug-likeness (QED) is 0.481. The van der Waals surface area contributed by atoms with Gasteiger partial charge in [-0.3, -0.25) is 0 Å². The van der Waals surface area contributed by atoms with E-state index >= 15 is 0 Å². The Bertz CT molecular complexity index is 81.0. The molecule has 1 aliphatic heterocycles. The minimum absolute atomic E-state index is 0.301. The van der Waals surface area contributed by atoms with E-state index in [1.54, 1.807) is 0 Å². The molecule has 1 heterocycles. The zero-order chi connectivity index (χ0) is 6.69. The molecule has 1 rings (SSSR count). The van der Waals surface area contributed by atoms with Crippen LogP contribution >= 0.6 is 22.9 Å². The second-order valence-electron chi connectivity index (χ2n) is 2.10. The van der Waals surface area contributed by atoms with Crippen LogP contribution in [0.4, 0.5) is 0 Å². The fourth-order valence-corrected chi connectivity index (χ4v) is 1.41. The third-order valence-electron chi connectivity index (χ3n) is 1.20. The van der Waals surface area contributed by atoms with Gasteiger partial charge in [0.25, 0.3) is 0 Å². The molecule has 0 aromatic rings. The summed E-state index contributed by atoms with van der Waals surface area (Å²) in [6.45, 7) is 2.86. The molecule has 0 aromatic heterocycles. The Morgan fingerprint density at radius 1 is 1.67 bits per heavy atom. The Morgan fingerprint density at radius 2 is 2.44 bits per heavy atom. The molecule has 0 bridgehead atoms. The predicted octanol–water partition coefficient (Wildman–Crippen LogP) is 0.0295. The highest BCUT2D eigenvalue weighted by Crippen LogP contribution is 2.04. The molecule has 4 heteroatoms. The highest BCUT2D eigenvalue weighted by molar-refractivity contribution is 14.1. The number of β-amino-alcohol motifs (C(OH)–C–C–N with tert-alkyl or cyclic N) is 1. The normalized spacial score (nSPS) is 32.0. The topological polar surface area (TPSA) is 32.7 Å². The van der Waals surface area contributed by atoms with Crippen LogP contribution in [0.15, 0.2) is 0 Å². The molecule has 0 spiro atoms. The minimum atomic E-state index is -0.301. The van der Waals surface area contributed by atoms with Crippen LogP contribution in [-0.2, 0) is 4.74 Å². The van der Waals surface area contributed by atoms with E-state index in [0.717, 1.165) is 19.7 Å². The van der Waals surface area contributed by atoms with Gasteiger partial charge < -0.3 is 9.84 Å². The smallest absolute Gasteiger partial charge is 0.0908 e. The number of aliphatic hydroxyl groups is 1. The molecule has 1 N–H and O–H groups in total. The highest BCUT2D eigenvalue weighted by atomic mass is 127. The fraction of sp³-hybridized carbons (Fsp3) is 1.00. The molecule has 1 atom stereocenters. The van der Waals surface area contributed by atoms with Crippen LogP contribution in [0.1, 0.15) is 0 Å². The molecule has 1 aliphatic rings. The monoisotopic (exact) mass is 243 g/mol. The molecule has 9 heavy (non-hydrogen) atoms. The Kier molecular flexibility index (Phi) is 3.17. The second-order valence-corrected chi connectivity index (χ2v) is 3.46. The van der Waals surface area contributed by atoms with Crippen LogP contribution in [0.3, 0.4) is 0 Å². The van der Waals surface area contributed by atoms with Crippen molar-refractivity contribution < 1.29 is 9.84 Å². The summed E-state index contributed by atoms with van der Waals surface area (Å²) >= 11 is 2.19. The van der Waals surface area contributed by atoms with Crippen LogP contribution in [0.5, 0.6) is 0 Å². The first-order chi connectivity index (χ1) is 4.29. The maximum Gasteiger partial charge on any atom is 0.0908 e. The summed E-state index contributed by atoms with van der Waals surface area (Å²) in [5.74, 6) is 0. The average molecular weight is 243 g/mol. The lowest BCUT2D eigenvalue weighted by molar-refractivity contribution is 0.0586. The molecule has 54 valence electrons. The molecule has 0 saturated carbocycles. The zero-order valence-electron chi connectivity index (χ0n) is 5.09. The second kappa shape index (κ2) is 3.70. The third-order valence-corrected chi connectivity index (χ3v) is 2.07. The van der Waals surface area contributed by atoms with Crippen LogP contribution in [0, 0.1) is 0 Å². The molecule has 3 nitrogen and oxygen atoms in total. The zero-order valence-corrected chi connectivity index (χ0v) is 7.24. The van der Waals surface area contributed by atoms with Gasteiger partial charge in [0.1, 0.15) is 0 Å². The van der Waals surface area contributed by atoms with Crippen molar-refractivity contribution in [2.45, 2.75) is 6.10 Å². The van der Waals surface area contributed by atoms with Gasteiger partial charge in [-0.25, -0.2) is 3.11 Å². The van der Waals surface area contributed by atoms with Gasteiger partial charge in [-0.2, -0.15) is 0 Å². The first kappa shape index (κ1) is 7.71. The number of nitrogens with zero attached hydrogens (tertiary/aromatic N) is 1. The van der Waals surface area contributed by atoms with Crippen molar-refractivity contribution in [3.05, 3.63) is 0 Å². The lowest BCUT2D eigenvalue weighted by atomic mass is 10.4. The standard InChI is InChI=1S/C5H10INO2/c6-7-1-2-9-4-5(8)3-7/h5,8H,1-4H2/t5-/m0/s1. The average Bonchev–Trinajstić information content (AvgIpc) is 1.93. The Morgan fingerprint density at radius 3 is 3.22 bits per heavy atom. The van der Waals surface area contributed by atoms with Crippen molar-refractivity contribution >= 4 is 22.9 Å².